The molecule has 0 aromatic heterocycles. The summed E-state index contributed by atoms with van der Waals surface area (Å²) in [5.41, 5.74) is 1.30. The van der Waals surface area contributed by atoms with Crippen molar-refractivity contribution in [3.05, 3.63) is 34.9 Å². The monoisotopic (exact) mass is 342 g/mol. The summed E-state index contributed by atoms with van der Waals surface area (Å²) in [5.74, 6) is 1.50. The Kier molecular flexibility index (Phi) is 6.54. The molecule has 2 aliphatic heterocycles. The minimum absolute atomic E-state index is 0. The summed E-state index contributed by atoms with van der Waals surface area (Å²) in [6.45, 7) is 3.96. The van der Waals surface area contributed by atoms with Crippen LogP contribution in [-0.4, -0.2) is 37.0 Å². The van der Waals surface area contributed by atoms with E-state index in [1.54, 1.807) is 0 Å². The standard InChI is InChI=1S/C17H23ClN2O.ClH/c18-16-4-2-14(3-5-16)15-8-10-20(12-15)17(21)6-1-13-7-9-19-11-13;/h2-5,13,15,19H,1,6-12H2;1H. The number of benzene rings is 1. The van der Waals surface area contributed by atoms with Crippen LogP contribution in [0.15, 0.2) is 24.3 Å². The summed E-state index contributed by atoms with van der Waals surface area (Å²) < 4.78 is 0. The zero-order valence-corrected chi connectivity index (χ0v) is 14.3. The van der Waals surface area contributed by atoms with Crippen molar-refractivity contribution >= 4 is 29.9 Å². The molecule has 2 saturated heterocycles. The van der Waals surface area contributed by atoms with E-state index < -0.39 is 0 Å². The Labute approximate surface area is 143 Å². The van der Waals surface area contributed by atoms with Gasteiger partial charge in [0.05, 0.1) is 0 Å². The molecular weight excluding hydrogens is 319 g/mol. The first kappa shape index (κ1) is 17.6. The lowest BCUT2D eigenvalue weighted by atomic mass is 9.99. The first-order chi connectivity index (χ1) is 10.2. The Morgan fingerprint density at radius 1 is 1.27 bits per heavy atom. The summed E-state index contributed by atoms with van der Waals surface area (Å²) in [7, 11) is 0. The summed E-state index contributed by atoms with van der Waals surface area (Å²) in [4.78, 5) is 14.4. The number of hydrogen-bond acceptors (Lipinski definition) is 2. The smallest absolute Gasteiger partial charge is 0.222 e. The molecule has 5 heteroatoms. The summed E-state index contributed by atoms with van der Waals surface area (Å²) in [5, 5.41) is 4.14. The van der Waals surface area contributed by atoms with E-state index in [-0.39, 0.29) is 12.4 Å². The van der Waals surface area contributed by atoms with Crippen LogP contribution >= 0.6 is 24.0 Å². The zero-order chi connectivity index (χ0) is 14.7. The van der Waals surface area contributed by atoms with Crippen LogP contribution in [0.25, 0.3) is 0 Å². The molecule has 2 aliphatic rings. The van der Waals surface area contributed by atoms with Crippen molar-refractivity contribution in [1.82, 2.24) is 10.2 Å². The highest BCUT2D eigenvalue weighted by molar-refractivity contribution is 6.30. The minimum atomic E-state index is 0. The van der Waals surface area contributed by atoms with Crippen LogP contribution in [0.1, 0.15) is 37.2 Å². The quantitative estimate of drug-likeness (QED) is 0.908. The third kappa shape index (κ3) is 4.37. The van der Waals surface area contributed by atoms with Gasteiger partial charge in [-0.15, -0.1) is 12.4 Å². The van der Waals surface area contributed by atoms with Crippen LogP contribution in [-0.2, 0) is 4.79 Å². The van der Waals surface area contributed by atoms with Gasteiger partial charge in [-0.25, -0.2) is 0 Å². The fourth-order valence-corrected chi connectivity index (χ4v) is 3.57. The fourth-order valence-electron chi connectivity index (χ4n) is 3.44. The van der Waals surface area contributed by atoms with Crippen LogP contribution < -0.4 is 5.32 Å². The molecule has 22 heavy (non-hydrogen) atoms. The van der Waals surface area contributed by atoms with E-state index in [0.717, 1.165) is 44.0 Å². The average Bonchev–Trinajstić information content (AvgIpc) is 3.17. The van der Waals surface area contributed by atoms with Crippen molar-refractivity contribution in [2.75, 3.05) is 26.2 Å². The molecule has 0 aliphatic carbocycles. The van der Waals surface area contributed by atoms with E-state index in [0.29, 0.717) is 24.2 Å². The third-order valence-electron chi connectivity index (χ3n) is 4.81. The molecule has 2 atom stereocenters. The van der Waals surface area contributed by atoms with Crippen LogP contribution in [0.4, 0.5) is 0 Å². The number of carbonyl (C=O) groups is 1. The summed E-state index contributed by atoms with van der Waals surface area (Å²) in [6, 6.07) is 8.05. The molecule has 1 N–H and O–H groups in total. The highest BCUT2D eigenvalue weighted by atomic mass is 35.5. The van der Waals surface area contributed by atoms with Crippen molar-refractivity contribution in [3.8, 4) is 0 Å². The molecule has 2 fully saturated rings. The first-order valence-corrected chi connectivity index (χ1v) is 8.34. The Morgan fingerprint density at radius 3 is 2.73 bits per heavy atom. The number of amides is 1. The van der Waals surface area contributed by atoms with E-state index >= 15 is 0 Å². The molecule has 1 aromatic rings. The van der Waals surface area contributed by atoms with Gasteiger partial charge in [0.1, 0.15) is 0 Å². The number of nitrogens with zero attached hydrogens (tertiary/aromatic N) is 1. The lowest BCUT2D eigenvalue weighted by molar-refractivity contribution is -0.130. The predicted molar refractivity (Wildman–Crippen MR) is 92.8 cm³/mol. The molecule has 2 unspecified atom stereocenters. The summed E-state index contributed by atoms with van der Waals surface area (Å²) in [6.07, 6.45) is 4.03. The minimum Gasteiger partial charge on any atom is -0.342 e. The zero-order valence-electron chi connectivity index (χ0n) is 12.8. The molecule has 2 heterocycles. The highest BCUT2D eigenvalue weighted by Gasteiger charge is 2.27. The molecule has 1 aromatic carbocycles. The SMILES string of the molecule is Cl.O=C(CCC1CCNC1)N1CCC(c2ccc(Cl)cc2)C1. The number of nitrogens with one attached hydrogen (secondary N) is 1. The maximum absolute atomic E-state index is 12.3. The molecule has 3 nitrogen and oxygen atoms in total. The van der Waals surface area contributed by atoms with Crippen molar-refractivity contribution in [1.29, 1.82) is 0 Å². The highest BCUT2D eigenvalue weighted by Crippen LogP contribution is 2.29. The molecule has 0 spiro atoms. The van der Waals surface area contributed by atoms with Gasteiger partial charge >= 0.3 is 0 Å². The van der Waals surface area contributed by atoms with Gasteiger partial charge in [0, 0.05) is 30.5 Å². The molecule has 0 radical (unpaired) electrons. The normalized spacial score (nSPS) is 24.3. The van der Waals surface area contributed by atoms with Gasteiger partial charge in [0.15, 0.2) is 0 Å². The van der Waals surface area contributed by atoms with E-state index in [4.69, 9.17) is 11.6 Å². The van der Waals surface area contributed by atoms with Crippen molar-refractivity contribution in [2.24, 2.45) is 5.92 Å². The second kappa shape index (κ2) is 8.19. The fraction of sp³-hybridized carbons (Fsp3) is 0.588. The topological polar surface area (TPSA) is 32.3 Å². The van der Waals surface area contributed by atoms with Gasteiger partial charge in [-0.2, -0.15) is 0 Å². The number of likely N-dealkylation sites (tertiary alicyclic amines) is 1. The Bertz CT molecular complexity index is 486. The first-order valence-electron chi connectivity index (χ1n) is 7.96. The molecule has 122 valence electrons. The predicted octanol–water partition coefficient (Wildman–Crippen LogP) is 3.47. The van der Waals surface area contributed by atoms with Crippen LogP contribution in [0.3, 0.4) is 0 Å². The third-order valence-corrected chi connectivity index (χ3v) is 5.06. The van der Waals surface area contributed by atoms with Crippen molar-refractivity contribution < 1.29 is 4.79 Å². The van der Waals surface area contributed by atoms with Crippen molar-refractivity contribution in [2.45, 2.75) is 31.6 Å². The Hall–Kier alpha value is -0.770. The lowest BCUT2D eigenvalue weighted by Crippen LogP contribution is -2.28. The second-order valence-electron chi connectivity index (χ2n) is 6.27. The maximum Gasteiger partial charge on any atom is 0.222 e. The van der Waals surface area contributed by atoms with E-state index in [9.17, 15) is 4.79 Å². The average molecular weight is 343 g/mol. The van der Waals surface area contributed by atoms with Crippen LogP contribution in [0, 0.1) is 5.92 Å². The number of hydrogen-bond donors (Lipinski definition) is 1. The largest absolute Gasteiger partial charge is 0.342 e. The Balaban J connectivity index is 0.00000176. The van der Waals surface area contributed by atoms with Crippen molar-refractivity contribution in [3.63, 3.8) is 0 Å². The number of rotatable bonds is 4. The van der Waals surface area contributed by atoms with E-state index in [1.165, 1.54) is 12.0 Å². The van der Waals surface area contributed by atoms with Gasteiger partial charge in [-0.05, 0) is 56.0 Å². The Morgan fingerprint density at radius 2 is 2.05 bits per heavy atom. The number of halogens is 2. The van der Waals surface area contributed by atoms with E-state index in [2.05, 4.69) is 17.4 Å². The van der Waals surface area contributed by atoms with Crippen LogP contribution in [0.2, 0.25) is 5.02 Å². The van der Waals surface area contributed by atoms with Gasteiger partial charge in [0.25, 0.3) is 0 Å². The van der Waals surface area contributed by atoms with Gasteiger partial charge in [-0.1, -0.05) is 23.7 Å². The molecule has 3 rings (SSSR count). The number of carbonyl (C=O) groups excluding carboxylic acids is 1. The maximum atomic E-state index is 12.3. The molecular formula is C17H24Cl2N2O. The van der Waals surface area contributed by atoms with Gasteiger partial charge < -0.3 is 10.2 Å². The van der Waals surface area contributed by atoms with Gasteiger partial charge in [-0.3, -0.25) is 4.79 Å². The molecule has 1 amide bonds. The summed E-state index contributed by atoms with van der Waals surface area (Å²) >= 11 is 5.93. The molecule has 0 saturated carbocycles. The lowest BCUT2D eigenvalue weighted by Gasteiger charge is -2.18. The second-order valence-corrected chi connectivity index (χ2v) is 6.71. The van der Waals surface area contributed by atoms with E-state index in [1.807, 2.05) is 17.0 Å². The van der Waals surface area contributed by atoms with Crippen LogP contribution in [0.5, 0.6) is 0 Å². The van der Waals surface area contributed by atoms with Gasteiger partial charge in [0.2, 0.25) is 5.91 Å². The molecule has 0 bridgehead atoms.